The smallest absolute Gasteiger partial charge is 0.282 e. The highest BCUT2D eigenvalue weighted by Gasteiger charge is 2.20. The Balaban J connectivity index is 3.10. The number of carbonyl (C=O) groups is 1. The molecule has 1 rings (SSSR count). The summed E-state index contributed by atoms with van der Waals surface area (Å²) >= 11 is 10.7. The van der Waals surface area contributed by atoms with Crippen LogP contribution in [0.4, 0.5) is 5.69 Å². The molecule has 0 saturated heterocycles. The van der Waals surface area contributed by atoms with Crippen LogP contribution in [0.5, 0.6) is 0 Å². The fraction of sp³-hybridized carbons (Fsp3) is 0. The van der Waals surface area contributed by atoms with E-state index in [1.807, 2.05) is 0 Å². The molecule has 0 fully saturated rings. The molecule has 1 N–H and O–H groups in total. The monoisotopic (exact) mass is 285 g/mol. The zero-order valence-electron chi connectivity index (χ0n) is 8.68. The summed E-state index contributed by atoms with van der Waals surface area (Å²) in [6, 6.07) is 6.87. The highest BCUT2D eigenvalue weighted by Crippen LogP contribution is 2.18. The molecule has 0 atom stereocenters. The Morgan fingerprint density at radius 2 is 2.00 bits per heavy atom. The number of nitrogens with zero attached hydrogens (tertiary/aromatic N) is 2. The second-order valence-electron chi connectivity index (χ2n) is 2.98. The first kappa shape index (κ1) is 14.0. The van der Waals surface area contributed by atoms with E-state index in [0.717, 1.165) is 0 Å². The predicted octanol–water partition coefficient (Wildman–Crippen LogP) is 2.49. The lowest BCUT2D eigenvalue weighted by Crippen LogP contribution is -2.23. The Morgan fingerprint density at radius 3 is 2.50 bits per heavy atom. The van der Waals surface area contributed by atoms with Crippen LogP contribution >= 0.6 is 23.2 Å². The zero-order valence-corrected chi connectivity index (χ0v) is 10.2. The zero-order chi connectivity index (χ0) is 13.7. The number of carbonyl (C=O) groups excluding carboxylic acids is 1. The molecule has 0 spiro atoms. The van der Waals surface area contributed by atoms with Gasteiger partial charge >= 0.3 is 0 Å². The van der Waals surface area contributed by atoms with Gasteiger partial charge in [-0.25, -0.2) is 0 Å². The maximum absolute atomic E-state index is 11.7. The topological polar surface area (TPSA) is 96.0 Å². The Morgan fingerprint density at radius 1 is 1.39 bits per heavy atom. The van der Waals surface area contributed by atoms with Crippen molar-refractivity contribution in [2.75, 3.05) is 0 Å². The minimum Gasteiger partial charge on any atom is -0.311 e. The summed E-state index contributed by atoms with van der Waals surface area (Å²) in [6.45, 7) is 0. The van der Waals surface area contributed by atoms with Crippen LogP contribution in [-0.4, -0.2) is 10.8 Å². The fourth-order valence-corrected chi connectivity index (χ4v) is 1.30. The number of nitrogens with one attached hydrogen (secondary N) is 1. The lowest BCUT2D eigenvalue weighted by Gasteiger charge is -2.04. The fourth-order valence-electron chi connectivity index (χ4n) is 1.12. The molecule has 0 aliphatic carbocycles. The van der Waals surface area contributed by atoms with E-state index in [2.05, 4.69) is 5.32 Å². The van der Waals surface area contributed by atoms with Crippen molar-refractivity contribution in [1.82, 2.24) is 5.32 Å². The van der Waals surface area contributed by atoms with E-state index in [4.69, 9.17) is 28.5 Å². The second-order valence-corrected chi connectivity index (χ2v) is 3.92. The van der Waals surface area contributed by atoms with E-state index in [-0.39, 0.29) is 16.9 Å². The van der Waals surface area contributed by atoms with Gasteiger partial charge in [-0.2, -0.15) is 5.26 Å². The van der Waals surface area contributed by atoms with Crippen molar-refractivity contribution >= 4 is 34.8 Å². The summed E-state index contributed by atoms with van der Waals surface area (Å²) in [5, 5.41) is 21.4. The van der Waals surface area contributed by atoms with Gasteiger partial charge in [0.15, 0.2) is 5.70 Å². The number of nitro groups is 1. The first-order chi connectivity index (χ1) is 8.47. The van der Waals surface area contributed by atoms with Gasteiger partial charge in [0.2, 0.25) is 0 Å². The average Bonchev–Trinajstić information content (AvgIpc) is 2.35. The molecule has 1 amide bonds. The predicted molar refractivity (Wildman–Crippen MR) is 64.9 cm³/mol. The van der Waals surface area contributed by atoms with Crippen LogP contribution in [0.3, 0.4) is 0 Å². The van der Waals surface area contributed by atoms with Gasteiger partial charge in [0.1, 0.15) is 16.1 Å². The third-order valence-corrected chi connectivity index (χ3v) is 2.26. The Kier molecular flexibility index (Phi) is 4.66. The number of amides is 1. The molecule has 92 valence electrons. The third-order valence-electron chi connectivity index (χ3n) is 1.88. The molecular weight excluding hydrogens is 281 g/mol. The molecule has 18 heavy (non-hydrogen) atoms. The molecule has 1 aromatic carbocycles. The summed E-state index contributed by atoms with van der Waals surface area (Å²) in [7, 11) is 0. The van der Waals surface area contributed by atoms with Gasteiger partial charge in [0.25, 0.3) is 11.6 Å². The number of allylic oxidation sites excluding steroid dienone is 1. The Bertz CT molecular complexity index is 574. The summed E-state index contributed by atoms with van der Waals surface area (Å²) in [5.41, 5.74) is -0.940. The number of hydrogen-bond donors (Lipinski definition) is 1. The van der Waals surface area contributed by atoms with Crippen LogP contribution in [0, 0.1) is 21.4 Å². The standard InChI is InChI=1S/C10H5Cl2N3O3/c11-9(12)7(5-13)14-10(16)6-3-1-2-4-8(6)15(17)18/h1-4H,(H,14,16). The number of nitro benzene ring substituents is 1. The molecular formula is C10H5Cl2N3O3. The molecule has 0 unspecified atom stereocenters. The number of rotatable bonds is 3. The van der Waals surface area contributed by atoms with E-state index < -0.39 is 15.3 Å². The second kappa shape index (κ2) is 6.00. The molecule has 0 saturated carbocycles. The van der Waals surface area contributed by atoms with Crippen LogP contribution in [-0.2, 0) is 0 Å². The molecule has 0 aliphatic rings. The van der Waals surface area contributed by atoms with Crippen molar-refractivity contribution in [3.63, 3.8) is 0 Å². The van der Waals surface area contributed by atoms with Crippen molar-refractivity contribution in [2.45, 2.75) is 0 Å². The third kappa shape index (κ3) is 3.20. The molecule has 0 heterocycles. The van der Waals surface area contributed by atoms with Crippen LogP contribution in [0.15, 0.2) is 34.5 Å². The lowest BCUT2D eigenvalue weighted by molar-refractivity contribution is -0.385. The van der Waals surface area contributed by atoms with E-state index in [0.29, 0.717) is 0 Å². The highest BCUT2D eigenvalue weighted by atomic mass is 35.5. The number of hydrogen-bond acceptors (Lipinski definition) is 4. The number of nitriles is 1. The molecule has 0 aliphatic heterocycles. The first-order valence-electron chi connectivity index (χ1n) is 4.47. The number of halogens is 2. The van der Waals surface area contributed by atoms with E-state index in [1.165, 1.54) is 24.3 Å². The molecule has 0 aromatic heterocycles. The Labute approximate surface area is 112 Å². The maximum atomic E-state index is 11.7. The molecule has 6 nitrogen and oxygen atoms in total. The summed E-state index contributed by atoms with van der Waals surface area (Å²) in [6.07, 6.45) is 0. The molecule has 0 radical (unpaired) electrons. The largest absolute Gasteiger partial charge is 0.311 e. The minimum atomic E-state index is -0.836. The normalized spacial score (nSPS) is 9.17. The van der Waals surface area contributed by atoms with Crippen molar-refractivity contribution in [1.29, 1.82) is 5.26 Å². The number of para-hydroxylation sites is 1. The van der Waals surface area contributed by atoms with Crippen molar-refractivity contribution < 1.29 is 9.72 Å². The SMILES string of the molecule is N#CC(NC(=O)c1ccccc1[N+](=O)[O-])=C(Cl)Cl. The summed E-state index contributed by atoms with van der Waals surface area (Å²) in [5.74, 6) is -0.836. The van der Waals surface area contributed by atoms with Crippen molar-refractivity contribution in [3.05, 3.63) is 50.1 Å². The molecule has 1 aromatic rings. The molecule has 8 heteroatoms. The number of benzene rings is 1. The maximum Gasteiger partial charge on any atom is 0.282 e. The highest BCUT2D eigenvalue weighted by molar-refractivity contribution is 6.56. The van der Waals surface area contributed by atoms with Crippen LogP contribution in [0.25, 0.3) is 0 Å². The van der Waals surface area contributed by atoms with Crippen LogP contribution in [0.1, 0.15) is 10.4 Å². The van der Waals surface area contributed by atoms with Gasteiger partial charge in [-0.1, -0.05) is 35.3 Å². The van der Waals surface area contributed by atoms with Crippen LogP contribution in [0.2, 0.25) is 0 Å². The van der Waals surface area contributed by atoms with Gasteiger partial charge in [-0.05, 0) is 6.07 Å². The van der Waals surface area contributed by atoms with E-state index >= 15 is 0 Å². The summed E-state index contributed by atoms with van der Waals surface area (Å²) < 4.78 is -0.426. The van der Waals surface area contributed by atoms with Gasteiger partial charge in [-0.15, -0.1) is 0 Å². The van der Waals surface area contributed by atoms with Gasteiger partial charge in [-0.3, -0.25) is 14.9 Å². The van der Waals surface area contributed by atoms with E-state index in [9.17, 15) is 14.9 Å². The Hall–Kier alpha value is -2.10. The quantitative estimate of drug-likeness (QED) is 0.524. The van der Waals surface area contributed by atoms with Gasteiger partial charge in [0.05, 0.1) is 4.92 Å². The van der Waals surface area contributed by atoms with E-state index in [1.54, 1.807) is 6.07 Å². The minimum absolute atomic E-state index is 0.190. The van der Waals surface area contributed by atoms with Crippen molar-refractivity contribution in [2.24, 2.45) is 0 Å². The lowest BCUT2D eigenvalue weighted by atomic mass is 10.1. The van der Waals surface area contributed by atoms with Crippen molar-refractivity contribution in [3.8, 4) is 6.07 Å². The van der Waals surface area contributed by atoms with Gasteiger partial charge in [0, 0.05) is 6.07 Å². The molecule has 0 bridgehead atoms. The summed E-state index contributed by atoms with van der Waals surface area (Å²) in [4.78, 5) is 21.7. The van der Waals surface area contributed by atoms with Gasteiger partial charge < -0.3 is 5.32 Å². The van der Waals surface area contributed by atoms with Crippen LogP contribution < -0.4 is 5.32 Å². The first-order valence-corrected chi connectivity index (χ1v) is 5.23. The average molecular weight is 286 g/mol.